The van der Waals surface area contributed by atoms with Gasteiger partial charge in [-0.25, -0.2) is 4.39 Å². The highest BCUT2D eigenvalue weighted by Gasteiger charge is 2.28. The molecule has 0 bridgehead atoms. The summed E-state index contributed by atoms with van der Waals surface area (Å²) in [6, 6.07) is 9.70. The Labute approximate surface area is 127 Å². The fourth-order valence-corrected chi connectivity index (χ4v) is 2.85. The second kappa shape index (κ2) is 5.54. The highest BCUT2D eigenvalue weighted by molar-refractivity contribution is 6.31. The van der Waals surface area contributed by atoms with Crippen molar-refractivity contribution in [2.75, 3.05) is 7.11 Å². The number of nitrogens with two attached hydrogens (primary N) is 1. The maximum atomic E-state index is 13.2. The Bertz CT molecular complexity index is 677. The number of methoxy groups -OCH3 is 1. The van der Waals surface area contributed by atoms with E-state index in [9.17, 15) is 4.39 Å². The molecule has 3 rings (SSSR count). The third kappa shape index (κ3) is 2.69. The van der Waals surface area contributed by atoms with Crippen LogP contribution >= 0.6 is 11.6 Å². The molecular weight excluding hydrogens is 293 g/mol. The largest absolute Gasteiger partial charge is 0.497 e. The lowest BCUT2D eigenvalue weighted by Gasteiger charge is -2.31. The summed E-state index contributed by atoms with van der Waals surface area (Å²) in [4.78, 5) is 0. The normalized spacial score (nSPS) is 20.6. The molecule has 0 aliphatic carbocycles. The van der Waals surface area contributed by atoms with Crippen LogP contribution in [0.25, 0.3) is 0 Å². The van der Waals surface area contributed by atoms with Crippen molar-refractivity contribution in [2.45, 2.75) is 18.6 Å². The number of benzene rings is 2. The molecule has 0 amide bonds. The zero-order chi connectivity index (χ0) is 15.0. The summed E-state index contributed by atoms with van der Waals surface area (Å²) < 4.78 is 24.3. The molecule has 0 saturated heterocycles. The predicted molar refractivity (Wildman–Crippen MR) is 79.3 cm³/mol. The van der Waals surface area contributed by atoms with Gasteiger partial charge >= 0.3 is 0 Å². The minimum absolute atomic E-state index is 0.161. The topological polar surface area (TPSA) is 44.5 Å². The molecule has 1 aliphatic heterocycles. The van der Waals surface area contributed by atoms with Crippen LogP contribution in [0, 0.1) is 5.82 Å². The summed E-state index contributed by atoms with van der Waals surface area (Å²) in [6.07, 6.45) is 0.290. The number of rotatable bonds is 2. The summed E-state index contributed by atoms with van der Waals surface area (Å²) in [6.45, 7) is 0. The molecule has 1 unspecified atom stereocenters. The molecule has 0 radical (unpaired) electrons. The maximum Gasteiger partial charge on any atom is 0.128 e. The van der Waals surface area contributed by atoms with Crippen molar-refractivity contribution >= 4 is 11.6 Å². The molecule has 1 aliphatic rings. The van der Waals surface area contributed by atoms with Crippen LogP contribution in [-0.2, 0) is 0 Å². The molecule has 0 fully saturated rings. The first kappa shape index (κ1) is 14.2. The Morgan fingerprint density at radius 2 is 2.00 bits per heavy atom. The van der Waals surface area contributed by atoms with Crippen molar-refractivity contribution in [2.24, 2.45) is 5.73 Å². The average molecular weight is 308 g/mol. The van der Waals surface area contributed by atoms with Gasteiger partial charge < -0.3 is 15.2 Å². The number of halogens is 2. The van der Waals surface area contributed by atoms with Gasteiger partial charge in [0.1, 0.15) is 23.4 Å². The van der Waals surface area contributed by atoms with Gasteiger partial charge in [-0.2, -0.15) is 0 Å². The van der Waals surface area contributed by atoms with E-state index in [1.807, 2.05) is 12.1 Å². The molecule has 2 aromatic carbocycles. The second-order valence-corrected chi connectivity index (χ2v) is 5.43. The average Bonchev–Trinajstić information content (AvgIpc) is 2.46. The van der Waals surface area contributed by atoms with Crippen LogP contribution in [0.4, 0.5) is 4.39 Å². The Morgan fingerprint density at radius 1 is 1.24 bits per heavy atom. The van der Waals surface area contributed by atoms with E-state index in [1.54, 1.807) is 19.2 Å². The Morgan fingerprint density at radius 3 is 2.71 bits per heavy atom. The zero-order valence-corrected chi connectivity index (χ0v) is 12.2. The van der Waals surface area contributed by atoms with Gasteiger partial charge in [0.2, 0.25) is 0 Å². The van der Waals surface area contributed by atoms with Crippen LogP contribution in [0.3, 0.4) is 0 Å². The van der Waals surface area contributed by atoms with Crippen molar-refractivity contribution in [3.8, 4) is 11.5 Å². The van der Waals surface area contributed by atoms with E-state index in [-0.39, 0.29) is 18.0 Å². The zero-order valence-electron chi connectivity index (χ0n) is 11.5. The Balaban J connectivity index is 1.96. The van der Waals surface area contributed by atoms with E-state index in [4.69, 9.17) is 26.8 Å². The first-order valence-corrected chi connectivity index (χ1v) is 7.01. The summed E-state index contributed by atoms with van der Waals surface area (Å²) in [5.41, 5.74) is 7.88. The molecule has 2 N–H and O–H groups in total. The summed E-state index contributed by atoms with van der Waals surface area (Å²) >= 11 is 6.11. The Kier molecular flexibility index (Phi) is 3.74. The fourth-order valence-electron chi connectivity index (χ4n) is 2.56. The van der Waals surface area contributed by atoms with Gasteiger partial charge in [-0.3, -0.25) is 0 Å². The summed E-state index contributed by atoms with van der Waals surface area (Å²) in [7, 11) is 1.60. The number of hydrogen-bond acceptors (Lipinski definition) is 3. The van der Waals surface area contributed by atoms with Crippen molar-refractivity contribution in [3.63, 3.8) is 0 Å². The molecule has 0 spiro atoms. The lowest BCUT2D eigenvalue weighted by molar-refractivity contribution is 0.161. The smallest absolute Gasteiger partial charge is 0.128 e. The van der Waals surface area contributed by atoms with Gasteiger partial charge in [-0.05, 0) is 18.2 Å². The standard InChI is InChI=1S/C16H15ClFNO2/c1-20-10-3-5-12-14(19)8-16(21-15(12)7-10)11-4-2-9(18)6-13(11)17/h2-7,14,16H,8,19H2,1H3/t14-,16?/m0/s1. The molecule has 5 heteroatoms. The quantitative estimate of drug-likeness (QED) is 0.911. The van der Waals surface area contributed by atoms with Gasteiger partial charge in [0, 0.05) is 29.7 Å². The van der Waals surface area contributed by atoms with E-state index < -0.39 is 0 Å². The first-order chi connectivity index (χ1) is 10.1. The van der Waals surface area contributed by atoms with Crippen LogP contribution in [0.15, 0.2) is 36.4 Å². The summed E-state index contributed by atoms with van der Waals surface area (Å²) in [5, 5.41) is 0.346. The molecule has 21 heavy (non-hydrogen) atoms. The second-order valence-electron chi connectivity index (χ2n) is 5.02. The molecule has 110 valence electrons. The van der Waals surface area contributed by atoms with Crippen molar-refractivity contribution < 1.29 is 13.9 Å². The highest BCUT2D eigenvalue weighted by Crippen LogP contribution is 2.42. The lowest BCUT2D eigenvalue weighted by atomic mass is 9.93. The van der Waals surface area contributed by atoms with Crippen molar-refractivity contribution in [1.29, 1.82) is 0 Å². The van der Waals surface area contributed by atoms with Gasteiger partial charge in [0.25, 0.3) is 0 Å². The fraction of sp³-hybridized carbons (Fsp3) is 0.250. The van der Waals surface area contributed by atoms with Crippen LogP contribution in [0.2, 0.25) is 5.02 Å². The van der Waals surface area contributed by atoms with Crippen molar-refractivity contribution in [3.05, 3.63) is 58.4 Å². The van der Waals surface area contributed by atoms with E-state index >= 15 is 0 Å². The number of hydrogen-bond donors (Lipinski definition) is 1. The van der Waals surface area contributed by atoms with Crippen molar-refractivity contribution in [1.82, 2.24) is 0 Å². The highest BCUT2D eigenvalue weighted by atomic mass is 35.5. The van der Waals surface area contributed by atoms with E-state index in [1.165, 1.54) is 12.1 Å². The van der Waals surface area contributed by atoms with Gasteiger partial charge in [0.15, 0.2) is 0 Å². The van der Waals surface area contributed by atoms with Gasteiger partial charge in [0.05, 0.1) is 12.1 Å². The van der Waals surface area contributed by atoms with E-state index in [2.05, 4.69) is 0 Å². The SMILES string of the molecule is COc1ccc2c(c1)OC(c1ccc(F)cc1Cl)C[C@@H]2N. The third-order valence-corrected chi connectivity index (χ3v) is 3.99. The molecule has 2 aromatic rings. The number of fused-ring (bicyclic) bond motifs is 1. The molecule has 2 atom stereocenters. The number of ether oxygens (including phenoxy) is 2. The van der Waals surface area contributed by atoms with E-state index in [0.717, 1.165) is 11.1 Å². The molecule has 3 nitrogen and oxygen atoms in total. The van der Waals surface area contributed by atoms with Crippen LogP contribution in [-0.4, -0.2) is 7.11 Å². The van der Waals surface area contributed by atoms with Crippen LogP contribution < -0.4 is 15.2 Å². The van der Waals surface area contributed by atoms with Gasteiger partial charge in [-0.1, -0.05) is 23.7 Å². The molecule has 1 heterocycles. The summed E-state index contributed by atoms with van der Waals surface area (Å²) in [5.74, 6) is 1.01. The van der Waals surface area contributed by atoms with Crippen LogP contribution in [0.1, 0.15) is 29.7 Å². The predicted octanol–water partition coefficient (Wildman–Crippen LogP) is 4.01. The lowest BCUT2D eigenvalue weighted by Crippen LogP contribution is -2.24. The minimum atomic E-state index is -0.370. The van der Waals surface area contributed by atoms with E-state index in [0.29, 0.717) is 22.9 Å². The Hall–Kier alpha value is -1.78. The minimum Gasteiger partial charge on any atom is -0.497 e. The third-order valence-electron chi connectivity index (χ3n) is 3.67. The molecule has 0 aromatic heterocycles. The molecule has 0 saturated carbocycles. The van der Waals surface area contributed by atoms with Crippen LogP contribution in [0.5, 0.6) is 11.5 Å². The monoisotopic (exact) mass is 307 g/mol. The maximum absolute atomic E-state index is 13.2. The molecular formula is C16H15ClFNO2. The first-order valence-electron chi connectivity index (χ1n) is 6.63. The van der Waals surface area contributed by atoms with Gasteiger partial charge in [-0.15, -0.1) is 0 Å².